The molecule has 0 aliphatic carbocycles. The average Bonchev–Trinajstić information content (AvgIpc) is 2.26. The van der Waals surface area contributed by atoms with Crippen LogP contribution in [0, 0.1) is 6.92 Å². The average molecular weight is 258 g/mol. The van der Waals surface area contributed by atoms with Gasteiger partial charge in [-0.1, -0.05) is 11.6 Å². The van der Waals surface area contributed by atoms with Crippen molar-refractivity contribution in [3.05, 3.63) is 40.1 Å². The Bertz CT molecular complexity index is 628. The van der Waals surface area contributed by atoms with Crippen LogP contribution in [-0.4, -0.2) is 12.8 Å². The molecule has 0 saturated heterocycles. The number of aryl methyl sites for hydroxylation is 1. The Hall–Kier alpha value is -1.98. The topological polar surface area (TPSA) is 39.4 Å². The second-order valence-electron chi connectivity index (χ2n) is 3.83. The minimum absolute atomic E-state index is 0.199. The van der Waals surface area contributed by atoms with E-state index >= 15 is 0 Å². The van der Waals surface area contributed by atoms with E-state index in [1.807, 2.05) is 0 Å². The maximum atomic E-state index is 12.0. The Labute approximate surface area is 99.8 Å². The van der Waals surface area contributed by atoms with E-state index in [-0.39, 0.29) is 5.58 Å². The molecule has 0 saturated carbocycles. The van der Waals surface area contributed by atoms with Crippen molar-refractivity contribution in [2.75, 3.05) is 6.61 Å². The van der Waals surface area contributed by atoms with Crippen LogP contribution in [0.25, 0.3) is 11.0 Å². The van der Waals surface area contributed by atoms with Gasteiger partial charge in [0.05, 0.1) is 11.5 Å². The molecule has 0 radical (unpaired) electrons. The lowest BCUT2D eigenvalue weighted by Gasteiger charge is -2.08. The van der Waals surface area contributed by atoms with Crippen LogP contribution < -0.4 is 10.2 Å². The van der Waals surface area contributed by atoms with Crippen LogP contribution >= 0.6 is 0 Å². The lowest BCUT2D eigenvalue weighted by molar-refractivity contribution is -0.156. The fourth-order valence-electron chi connectivity index (χ4n) is 1.47. The Morgan fingerprint density at radius 2 is 2.00 bits per heavy atom. The lowest BCUT2D eigenvalue weighted by Crippen LogP contribution is -2.19. The summed E-state index contributed by atoms with van der Waals surface area (Å²) in [5, 5.41) is 0.314. The van der Waals surface area contributed by atoms with Crippen LogP contribution in [0.5, 0.6) is 5.95 Å². The van der Waals surface area contributed by atoms with Crippen molar-refractivity contribution < 1.29 is 22.3 Å². The van der Waals surface area contributed by atoms with E-state index in [2.05, 4.69) is 4.74 Å². The highest BCUT2D eigenvalue weighted by molar-refractivity contribution is 5.77. The normalized spacial score (nSPS) is 11.8. The lowest BCUT2D eigenvalue weighted by atomic mass is 10.1. The van der Waals surface area contributed by atoms with E-state index < -0.39 is 24.2 Å². The van der Waals surface area contributed by atoms with Gasteiger partial charge in [-0.25, -0.2) is 0 Å². The molecule has 0 atom stereocenters. The summed E-state index contributed by atoms with van der Waals surface area (Å²) in [7, 11) is 0. The van der Waals surface area contributed by atoms with Crippen LogP contribution in [-0.2, 0) is 0 Å². The molecule has 0 amide bonds. The first kappa shape index (κ1) is 12.5. The zero-order valence-corrected chi connectivity index (χ0v) is 9.38. The Morgan fingerprint density at radius 1 is 1.28 bits per heavy atom. The molecule has 1 heterocycles. The van der Waals surface area contributed by atoms with E-state index in [9.17, 15) is 18.0 Å². The molecule has 3 nitrogen and oxygen atoms in total. The summed E-state index contributed by atoms with van der Waals surface area (Å²) in [5.41, 5.74) is 0.626. The van der Waals surface area contributed by atoms with Crippen molar-refractivity contribution in [3.63, 3.8) is 0 Å². The predicted molar refractivity (Wildman–Crippen MR) is 58.8 cm³/mol. The van der Waals surface area contributed by atoms with Crippen LogP contribution in [0.3, 0.4) is 0 Å². The molecule has 0 bridgehead atoms. The first-order valence-corrected chi connectivity index (χ1v) is 5.09. The van der Waals surface area contributed by atoms with Gasteiger partial charge in [-0.15, -0.1) is 0 Å². The molecule has 0 spiro atoms. The van der Waals surface area contributed by atoms with Gasteiger partial charge >= 0.3 is 6.18 Å². The van der Waals surface area contributed by atoms with Crippen LogP contribution in [0.2, 0.25) is 0 Å². The first-order chi connectivity index (χ1) is 8.35. The van der Waals surface area contributed by atoms with Gasteiger partial charge in [0.1, 0.15) is 5.58 Å². The molecule has 0 aliphatic rings. The van der Waals surface area contributed by atoms with Crippen molar-refractivity contribution >= 4 is 11.0 Å². The highest BCUT2D eigenvalue weighted by Gasteiger charge is 2.29. The van der Waals surface area contributed by atoms with E-state index in [0.29, 0.717) is 5.39 Å². The molecule has 0 N–H and O–H groups in total. The predicted octanol–water partition coefficient (Wildman–Crippen LogP) is 3.04. The highest BCUT2D eigenvalue weighted by Crippen LogP contribution is 2.21. The van der Waals surface area contributed by atoms with Crippen LogP contribution in [0.4, 0.5) is 13.2 Å². The molecule has 2 rings (SSSR count). The largest absolute Gasteiger partial charge is 0.455 e. The molecular formula is C12H9F3O3. The molecule has 1 aromatic carbocycles. The summed E-state index contributed by atoms with van der Waals surface area (Å²) in [5.74, 6) is -0.436. The minimum atomic E-state index is -4.47. The summed E-state index contributed by atoms with van der Waals surface area (Å²) in [4.78, 5) is 11.7. The zero-order chi connectivity index (χ0) is 13.3. The van der Waals surface area contributed by atoms with Crippen LogP contribution in [0.15, 0.2) is 33.5 Å². The number of fused-ring (bicyclic) bond motifs is 1. The minimum Gasteiger partial charge on any atom is -0.455 e. The molecule has 2 aromatic rings. The van der Waals surface area contributed by atoms with Crippen LogP contribution in [0.1, 0.15) is 5.56 Å². The molecule has 6 heteroatoms. The number of hydrogen-bond donors (Lipinski definition) is 0. The zero-order valence-electron chi connectivity index (χ0n) is 9.38. The van der Waals surface area contributed by atoms with Gasteiger partial charge in [0.25, 0.3) is 5.95 Å². The number of hydrogen-bond acceptors (Lipinski definition) is 3. The van der Waals surface area contributed by atoms with Gasteiger partial charge in [0, 0.05) is 0 Å². The smallest absolute Gasteiger partial charge is 0.422 e. The third kappa shape index (κ3) is 2.82. The molecule has 0 unspecified atom stereocenters. The van der Waals surface area contributed by atoms with E-state index in [4.69, 9.17) is 4.42 Å². The molecule has 0 fully saturated rings. The number of ether oxygens (including phenoxy) is 1. The number of rotatable bonds is 2. The second-order valence-corrected chi connectivity index (χ2v) is 3.83. The summed E-state index contributed by atoms with van der Waals surface area (Å²) in [6, 6.07) is 5.73. The monoisotopic (exact) mass is 258 g/mol. The summed E-state index contributed by atoms with van der Waals surface area (Å²) < 4.78 is 45.4. The van der Waals surface area contributed by atoms with E-state index in [0.717, 1.165) is 11.6 Å². The van der Waals surface area contributed by atoms with Crippen molar-refractivity contribution in [2.24, 2.45) is 0 Å². The number of halogens is 3. The molecule has 1 aromatic heterocycles. The van der Waals surface area contributed by atoms with Crippen molar-refractivity contribution in [1.29, 1.82) is 0 Å². The summed E-state index contributed by atoms with van der Waals surface area (Å²) >= 11 is 0. The maximum Gasteiger partial charge on any atom is 0.422 e. The quantitative estimate of drug-likeness (QED) is 0.831. The molecular weight excluding hydrogens is 249 g/mol. The molecule has 96 valence electrons. The standard InChI is InChI=1S/C12H9F3O3/c1-7-2-3-10-8(4-7)9(16)5-11(18-10)17-6-12(13,14)15/h2-5H,6H2,1H3. The van der Waals surface area contributed by atoms with Crippen molar-refractivity contribution in [3.8, 4) is 5.95 Å². The molecule has 18 heavy (non-hydrogen) atoms. The van der Waals surface area contributed by atoms with Gasteiger partial charge in [-0.3, -0.25) is 4.79 Å². The molecule has 0 aliphatic heterocycles. The van der Waals surface area contributed by atoms with E-state index in [1.54, 1.807) is 19.1 Å². The fourth-order valence-corrected chi connectivity index (χ4v) is 1.47. The maximum absolute atomic E-state index is 12.0. The Morgan fingerprint density at radius 3 is 2.67 bits per heavy atom. The van der Waals surface area contributed by atoms with Gasteiger partial charge in [-0.05, 0) is 19.1 Å². The number of alkyl halides is 3. The first-order valence-electron chi connectivity index (χ1n) is 5.09. The second kappa shape index (κ2) is 4.36. The van der Waals surface area contributed by atoms with Crippen molar-refractivity contribution in [2.45, 2.75) is 13.1 Å². The Balaban J connectivity index is 2.38. The fraction of sp³-hybridized carbons (Fsp3) is 0.250. The third-order valence-electron chi connectivity index (χ3n) is 2.24. The van der Waals surface area contributed by atoms with Gasteiger partial charge in [-0.2, -0.15) is 13.2 Å². The summed E-state index contributed by atoms with van der Waals surface area (Å²) in [6.07, 6.45) is -4.47. The van der Waals surface area contributed by atoms with Gasteiger partial charge in [0.2, 0.25) is 0 Å². The van der Waals surface area contributed by atoms with Crippen molar-refractivity contribution in [1.82, 2.24) is 0 Å². The Kier molecular flexibility index (Phi) is 3.02. The summed E-state index contributed by atoms with van der Waals surface area (Å²) in [6.45, 7) is 0.306. The van der Waals surface area contributed by atoms with E-state index in [1.165, 1.54) is 6.07 Å². The SMILES string of the molecule is Cc1ccc2oc(OCC(F)(F)F)cc(=O)c2c1. The highest BCUT2D eigenvalue weighted by atomic mass is 19.4. The number of benzene rings is 1. The van der Waals surface area contributed by atoms with Gasteiger partial charge in [0.15, 0.2) is 12.0 Å². The van der Waals surface area contributed by atoms with Gasteiger partial charge < -0.3 is 9.15 Å². The third-order valence-corrected chi connectivity index (χ3v) is 2.24.